The second-order valence-electron chi connectivity index (χ2n) is 4.66. The van der Waals surface area contributed by atoms with Crippen molar-refractivity contribution in [2.24, 2.45) is 0 Å². The largest absolute Gasteiger partial charge is 0.392 e. The van der Waals surface area contributed by atoms with Crippen LogP contribution in [0, 0.1) is 12.7 Å². The number of nitrogens with one attached hydrogen (secondary N) is 1. The van der Waals surface area contributed by atoms with E-state index in [2.05, 4.69) is 5.32 Å². The Bertz CT molecular complexity index is 537. The highest BCUT2D eigenvalue weighted by Gasteiger charge is 1.99. The van der Waals surface area contributed by atoms with Gasteiger partial charge in [-0.05, 0) is 35.2 Å². The molecule has 0 saturated carbocycles. The van der Waals surface area contributed by atoms with Gasteiger partial charge in [0, 0.05) is 13.1 Å². The van der Waals surface area contributed by atoms with Crippen molar-refractivity contribution in [1.29, 1.82) is 0 Å². The van der Waals surface area contributed by atoms with Gasteiger partial charge in [0.05, 0.1) is 6.61 Å². The summed E-state index contributed by atoms with van der Waals surface area (Å²) in [5, 5.41) is 12.2. The lowest BCUT2D eigenvalue weighted by atomic mass is 10.1. The summed E-state index contributed by atoms with van der Waals surface area (Å²) in [5.74, 6) is -0.161. The maximum Gasteiger partial charge on any atom is 0.126 e. The van der Waals surface area contributed by atoms with Gasteiger partial charge >= 0.3 is 0 Å². The Balaban J connectivity index is 1.86. The summed E-state index contributed by atoms with van der Waals surface area (Å²) in [4.78, 5) is 0. The molecule has 3 heteroatoms. The molecule has 0 aliphatic carbocycles. The van der Waals surface area contributed by atoms with E-state index in [4.69, 9.17) is 5.11 Å². The molecule has 0 amide bonds. The molecule has 0 spiro atoms. The average molecular weight is 259 g/mol. The smallest absolute Gasteiger partial charge is 0.126 e. The van der Waals surface area contributed by atoms with Crippen LogP contribution in [0.5, 0.6) is 0 Å². The molecule has 0 radical (unpaired) electrons. The van der Waals surface area contributed by atoms with Gasteiger partial charge in [-0.2, -0.15) is 0 Å². The molecular formula is C16H18FNO. The van der Waals surface area contributed by atoms with E-state index < -0.39 is 0 Å². The quantitative estimate of drug-likeness (QED) is 0.865. The zero-order valence-electron chi connectivity index (χ0n) is 11.0. The van der Waals surface area contributed by atoms with Gasteiger partial charge in [0.1, 0.15) is 5.82 Å². The lowest BCUT2D eigenvalue weighted by Crippen LogP contribution is -2.12. The van der Waals surface area contributed by atoms with Crippen molar-refractivity contribution in [1.82, 2.24) is 5.32 Å². The molecule has 0 heterocycles. The normalized spacial score (nSPS) is 10.7. The first-order valence-electron chi connectivity index (χ1n) is 6.33. The maximum absolute atomic E-state index is 13.4. The van der Waals surface area contributed by atoms with E-state index in [9.17, 15) is 4.39 Å². The van der Waals surface area contributed by atoms with Crippen molar-refractivity contribution >= 4 is 0 Å². The van der Waals surface area contributed by atoms with Crippen LogP contribution in [0.3, 0.4) is 0 Å². The van der Waals surface area contributed by atoms with E-state index in [1.165, 1.54) is 0 Å². The molecule has 19 heavy (non-hydrogen) atoms. The third kappa shape index (κ3) is 3.88. The molecule has 0 unspecified atom stereocenters. The second kappa shape index (κ2) is 6.45. The zero-order chi connectivity index (χ0) is 13.7. The SMILES string of the molecule is Cc1ccc(CNCc2ccc(CO)cc2)cc1F. The number of aliphatic hydroxyl groups excluding tert-OH is 1. The zero-order valence-corrected chi connectivity index (χ0v) is 11.0. The first kappa shape index (κ1) is 13.7. The monoisotopic (exact) mass is 259 g/mol. The van der Waals surface area contributed by atoms with Gasteiger partial charge in [0.25, 0.3) is 0 Å². The van der Waals surface area contributed by atoms with Crippen molar-refractivity contribution in [2.45, 2.75) is 26.6 Å². The Hall–Kier alpha value is -1.71. The van der Waals surface area contributed by atoms with Crippen LogP contribution in [0.1, 0.15) is 22.3 Å². The Labute approximate surface area is 112 Å². The third-order valence-electron chi connectivity index (χ3n) is 3.10. The molecular weight excluding hydrogens is 241 g/mol. The van der Waals surface area contributed by atoms with E-state index in [1.54, 1.807) is 19.1 Å². The Kier molecular flexibility index (Phi) is 4.66. The van der Waals surface area contributed by atoms with Crippen LogP contribution in [0.25, 0.3) is 0 Å². The maximum atomic E-state index is 13.4. The number of aliphatic hydroxyl groups is 1. The van der Waals surface area contributed by atoms with Gasteiger partial charge < -0.3 is 10.4 Å². The predicted molar refractivity (Wildman–Crippen MR) is 74.0 cm³/mol. The van der Waals surface area contributed by atoms with Gasteiger partial charge in [-0.3, -0.25) is 0 Å². The second-order valence-corrected chi connectivity index (χ2v) is 4.66. The Morgan fingerprint density at radius 1 is 0.947 bits per heavy atom. The summed E-state index contributed by atoms with van der Waals surface area (Å²) < 4.78 is 13.4. The van der Waals surface area contributed by atoms with Crippen LogP contribution in [0.15, 0.2) is 42.5 Å². The van der Waals surface area contributed by atoms with E-state index in [-0.39, 0.29) is 12.4 Å². The standard InChI is InChI=1S/C16H18FNO/c1-12-2-3-15(8-16(12)17)10-18-9-13-4-6-14(11-19)7-5-13/h2-8,18-19H,9-11H2,1H3. The fourth-order valence-corrected chi connectivity index (χ4v) is 1.86. The summed E-state index contributed by atoms with van der Waals surface area (Å²) in [6, 6.07) is 13.1. The van der Waals surface area contributed by atoms with Gasteiger partial charge in [0.15, 0.2) is 0 Å². The fourth-order valence-electron chi connectivity index (χ4n) is 1.86. The van der Waals surface area contributed by atoms with Crippen LogP contribution in [-0.2, 0) is 19.7 Å². The van der Waals surface area contributed by atoms with Gasteiger partial charge in [-0.25, -0.2) is 4.39 Å². The van der Waals surface area contributed by atoms with Crippen molar-refractivity contribution in [3.63, 3.8) is 0 Å². The minimum absolute atomic E-state index is 0.0658. The molecule has 0 aromatic heterocycles. The Morgan fingerprint density at radius 3 is 2.16 bits per heavy atom. The summed E-state index contributed by atoms with van der Waals surface area (Å²) in [5.41, 5.74) is 3.66. The Morgan fingerprint density at radius 2 is 1.53 bits per heavy atom. The van der Waals surface area contributed by atoms with Crippen molar-refractivity contribution in [2.75, 3.05) is 0 Å². The molecule has 2 aromatic rings. The van der Waals surface area contributed by atoms with Crippen LogP contribution >= 0.6 is 0 Å². The van der Waals surface area contributed by atoms with Crippen LogP contribution < -0.4 is 5.32 Å². The number of hydrogen-bond acceptors (Lipinski definition) is 2. The predicted octanol–water partition coefficient (Wildman–Crippen LogP) is 2.92. The number of benzene rings is 2. The van der Waals surface area contributed by atoms with Gasteiger partial charge in [-0.15, -0.1) is 0 Å². The summed E-state index contributed by atoms with van der Waals surface area (Å²) in [6.07, 6.45) is 0. The summed E-state index contributed by atoms with van der Waals surface area (Å²) in [6.45, 7) is 3.19. The molecule has 0 atom stereocenters. The fraction of sp³-hybridized carbons (Fsp3) is 0.250. The highest BCUT2D eigenvalue weighted by atomic mass is 19.1. The topological polar surface area (TPSA) is 32.3 Å². The van der Waals surface area contributed by atoms with E-state index in [0.29, 0.717) is 12.1 Å². The van der Waals surface area contributed by atoms with E-state index in [1.807, 2.05) is 30.3 Å². The van der Waals surface area contributed by atoms with Crippen molar-refractivity contribution in [3.05, 3.63) is 70.5 Å². The van der Waals surface area contributed by atoms with E-state index >= 15 is 0 Å². The summed E-state index contributed by atoms with van der Waals surface area (Å²) >= 11 is 0. The molecule has 0 saturated heterocycles. The molecule has 100 valence electrons. The minimum Gasteiger partial charge on any atom is -0.392 e. The molecule has 2 N–H and O–H groups in total. The van der Waals surface area contributed by atoms with Crippen molar-refractivity contribution < 1.29 is 9.50 Å². The van der Waals surface area contributed by atoms with Crippen molar-refractivity contribution in [3.8, 4) is 0 Å². The van der Waals surface area contributed by atoms with Gasteiger partial charge in [0.2, 0.25) is 0 Å². The number of hydrogen-bond donors (Lipinski definition) is 2. The molecule has 2 aromatic carbocycles. The van der Waals surface area contributed by atoms with Crippen LogP contribution in [0.2, 0.25) is 0 Å². The molecule has 2 rings (SSSR count). The van der Waals surface area contributed by atoms with Crippen LogP contribution in [-0.4, -0.2) is 5.11 Å². The minimum atomic E-state index is -0.161. The number of halogens is 1. The molecule has 0 fully saturated rings. The van der Waals surface area contributed by atoms with Gasteiger partial charge in [-0.1, -0.05) is 36.4 Å². The highest BCUT2D eigenvalue weighted by molar-refractivity contribution is 5.24. The number of rotatable bonds is 5. The number of aryl methyl sites for hydroxylation is 1. The highest BCUT2D eigenvalue weighted by Crippen LogP contribution is 2.09. The lowest BCUT2D eigenvalue weighted by Gasteiger charge is -2.07. The average Bonchev–Trinajstić information content (AvgIpc) is 2.43. The summed E-state index contributed by atoms with van der Waals surface area (Å²) in [7, 11) is 0. The lowest BCUT2D eigenvalue weighted by molar-refractivity contribution is 0.282. The molecule has 0 aliphatic rings. The molecule has 0 aliphatic heterocycles. The first-order valence-corrected chi connectivity index (χ1v) is 6.33. The molecule has 2 nitrogen and oxygen atoms in total. The van der Waals surface area contributed by atoms with Crippen LogP contribution in [0.4, 0.5) is 4.39 Å². The third-order valence-corrected chi connectivity index (χ3v) is 3.10. The first-order chi connectivity index (χ1) is 9.19. The van der Waals surface area contributed by atoms with E-state index in [0.717, 1.165) is 23.2 Å². The molecule has 0 bridgehead atoms.